The molecule has 59 heavy (non-hydrogen) atoms. The highest BCUT2D eigenvalue weighted by Gasteiger charge is 2.26. The van der Waals surface area contributed by atoms with Gasteiger partial charge in [0.25, 0.3) is 0 Å². The maximum absolute atomic E-state index is 6.70. The monoisotopic (exact) mass is 752 g/mol. The molecule has 10 aromatic carbocycles. The molecule has 0 fully saturated rings. The summed E-state index contributed by atoms with van der Waals surface area (Å²) in [6, 6.07) is 78.8. The van der Waals surface area contributed by atoms with E-state index >= 15 is 0 Å². The molecule has 2 aromatic heterocycles. The molecule has 0 atom stereocenters. The Balaban J connectivity index is 1.20. The van der Waals surface area contributed by atoms with Crippen LogP contribution in [-0.2, 0) is 0 Å². The second-order valence-corrected chi connectivity index (χ2v) is 15.3. The van der Waals surface area contributed by atoms with E-state index in [1.54, 1.807) is 0 Å². The summed E-state index contributed by atoms with van der Waals surface area (Å²) >= 11 is 0. The van der Waals surface area contributed by atoms with E-state index in [1.807, 2.05) is 0 Å². The van der Waals surface area contributed by atoms with E-state index in [0.717, 1.165) is 72.1 Å². The maximum Gasteiger partial charge on any atom is 0.138 e. The fraction of sp³-hybridized carbons (Fsp3) is 0. The summed E-state index contributed by atoms with van der Waals surface area (Å²) in [7, 11) is 0. The molecule has 3 heteroatoms. The third-order valence-corrected chi connectivity index (χ3v) is 11.9. The molecule has 2 heterocycles. The Kier molecular flexibility index (Phi) is 7.54. The molecule has 0 aliphatic rings. The van der Waals surface area contributed by atoms with Gasteiger partial charge < -0.3 is 13.9 Å². The molecule has 0 saturated carbocycles. The number of hydrogen-bond donors (Lipinski definition) is 0. The molecule has 0 bridgehead atoms. The summed E-state index contributed by atoms with van der Waals surface area (Å²) in [4.78, 5) is 2.50. The van der Waals surface area contributed by atoms with Crippen LogP contribution < -0.4 is 4.90 Å². The minimum absolute atomic E-state index is 0.863. The highest BCUT2D eigenvalue weighted by Crippen LogP contribution is 2.50. The van der Waals surface area contributed by atoms with Gasteiger partial charge in [0.05, 0.1) is 27.8 Å². The Labute approximate surface area is 341 Å². The first-order valence-corrected chi connectivity index (χ1v) is 20.2. The van der Waals surface area contributed by atoms with Crippen molar-refractivity contribution in [3.05, 3.63) is 218 Å². The lowest BCUT2D eigenvalue weighted by Crippen LogP contribution is -2.12. The largest absolute Gasteiger partial charge is 0.456 e. The van der Waals surface area contributed by atoms with Gasteiger partial charge in [-0.1, -0.05) is 164 Å². The highest BCUT2D eigenvalue weighted by atomic mass is 16.3. The zero-order chi connectivity index (χ0) is 38.9. The van der Waals surface area contributed by atoms with Gasteiger partial charge in [-0.25, -0.2) is 0 Å². The summed E-state index contributed by atoms with van der Waals surface area (Å²) in [5.41, 5.74) is 13.1. The van der Waals surface area contributed by atoms with Crippen LogP contribution in [0.5, 0.6) is 0 Å². The van der Waals surface area contributed by atoms with Crippen LogP contribution in [0.3, 0.4) is 0 Å². The van der Waals surface area contributed by atoms with E-state index < -0.39 is 0 Å². The van der Waals surface area contributed by atoms with Crippen molar-refractivity contribution in [2.24, 2.45) is 0 Å². The van der Waals surface area contributed by atoms with Gasteiger partial charge in [0.15, 0.2) is 0 Å². The van der Waals surface area contributed by atoms with Crippen molar-refractivity contribution < 1.29 is 4.42 Å². The third kappa shape index (κ3) is 5.29. The second kappa shape index (κ2) is 13.4. The Morgan fingerprint density at radius 2 is 1.02 bits per heavy atom. The molecule has 12 rings (SSSR count). The highest BCUT2D eigenvalue weighted by molar-refractivity contribution is 6.24. The number of hydrogen-bond acceptors (Lipinski definition) is 2. The first kappa shape index (κ1) is 33.3. The Morgan fingerprint density at radius 3 is 1.92 bits per heavy atom. The van der Waals surface area contributed by atoms with Crippen molar-refractivity contribution in [1.82, 2.24) is 4.57 Å². The number of furan rings is 1. The molecule has 0 radical (unpaired) electrons. The van der Waals surface area contributed by atoms with Crippen LogP contribution in [0.2, 0.25) is 0 Å². The maximum atomic E-state index is 6.70. The molecule has 0 N–H and O–H groups in total. The number of benzene rings is 10. The quantitative estimate of drug-likeness (QED) is 0.169. The molecular formula is C56H36N2O. The molecule has 0 aliphatic carbocycles. The van der Waals surface area contributed by atoms with Crippen molar-refractivity contribution in [3.63, 3.8) is 0 Å². The average Bonchev–Trinajstić information content (AvgIpc) is 3.85. The van der Waals surface area contributed by atoms with Crippen molar-refractivity contribution in [3.8, 4) is 27.9 Å². The van der Waals surface area contributed by atoms with Gasteiger partial charge in [0, 0.05) is 32.9 Å². The van der Waals surface area contributed by atoms with Crippen molar-refractivity contribution in [2.75, 3.05) is 4.90 Å². The first-order chi connectivity index (χ1) is 29.3. The van der Waals surface area contributed by atoms with Gasteiger partial charge in [-0.3, -0.25) is 0 Å². The third-order valence-electron chi connectivity index (χ3n) is 11.9. The lowest BCUT2D eigenvalue weighted by atomic mass is 9.96. The summed E-state index contributed by atoms with van der Waals surface area (Å²) in [5.74, 6) is 0. The lowest BCUT2D eigenvalue weighted by Gasteiger charge is -2.29. The zero-order valence-corrected chi connectivity index (χ0v) is 32.1. The van der Waals surface area contributed by atoms with Gasteiger partial charge in [0.2, 0.25) is 0 Å². The predicted molar refractivity (Wildman–Crippen MR) is 249 cm³/mol. The fourth-order valence-electron chi connectivity index (χ4n) is 9.36. The molecule has 0 aliphatic heterocycles. The number of para-hydroxylation sites is 2. The molecule has 3 nitrogen and oxygen atoms in total. The number of rotatable bonds is 6. The SMILES string of the molecule is c1ccc(-c2cccc(-n3c4ccccc4c4c(N(c5cccc(-c6cccc7ccccc67)c5)c5c6ccccc6cc6oc7ccccc7c56)cccc43)c2)cc1. The standard InChI is InChI=1S/C56H36N2O/c1-2-16-37(17-3-1)39-21-12-23-42(34-39)57-49-30-10-8-27-47(49)54-50(57)31-15-32-51(54)58(43-24-13-22-40(35-43)45-29-14-20-38-18-4-6-25-44(38)45)56-46-26-7-5-19-41(46)36-53-55(56)48-28-9-11-33-52(48)59-53/h1-36H. The van der Waals surface area contributed by atoms with Gasteiger partial charge in [-0.05, 0) is 93.0 Å². The molecule has 276 valence electrons. The number of anilines is 3. The van der Waals surface area contributed by atoms with Crippen LogP contribution in [0.25, 0.3) is 93.2 Å². The van der Waals surface area contributed by atoms with Gasteiger partial charge in [-0.2, -0.15) is 0 Å². The molecule has 0 amide bonds. The smallest absolute Gasteiger partial charge is 0.138 e. The topological polar surface area (TPSA) is 21.3 Å². The number of fused-ring (bicyclic) bond motifs is 8. The van der Waals surface area contributed by atoms with E-state index in [0.29, 0.717) is 0 Å². The number of aromatic nitrogens is 1. The van der Waals surface area contributed by atoms with Crippen LogP contribution in [0, 0.1) is 0 Å². The summed E-state index contributed by atoms with van der Waals surface area (Å²) in [5, 5.41) is 9.27. The molecule has 0 unspecified atom stereocenters. The minimum Gasteiger partial charge on any atom is -0.456 e. The average molecular weight is 753 g/mol. The van der Waals surface area contributed by atoms with E-state index in [9.17, 15) is 0 Å². The second-order valence-electron chi connectivity index (χ2n) is 15.3. The van der Waals surface area contributed by atoms with Gasteiger partial charge in [0.1, 0.15) is 11.2 Å². The van der Waals surface area contributed by atoms with Crippen LogP contribution in [0.4, 0.5) is 17.1 Å². The fourth-order valence-corrected chi connectivity index (χ4v) is 9.36. The Morgan fingerprint density at radius 1 is 0.373 bits per heavy atom. The van der Waals surface area contributed by atoms with Crippen LogP contribution in [0.1, 0.15) is 0 Å². The van der Waals surface area contributed by atoms with Crippen molar-refractivity contribution in [1.29, 1.82) is 0 Å². The van der Waals surface area contributed by atoms with Gasteiger partial charge in [-0.15, -0.1) is 0 Å². The normalized spacial score (nSPS) is 11.7. The minimum atomic E-state index is 0.863. The zero-order valence-electron chi connectivity index (χ0n) is 32.1. The molecule has 0 spiro atoms. The van der Waals surface area contributed by atoms with Crippen LogP contribution >= 0.6 is 0 Å². The van der Waals surface area contributed by atoms with E-state index in [1.165, 1.54) is 38.2 Å². The Hall–Kier alpha value is -7.88. The van der Waals surface area contributed by atoms with Crippen LogP contribution in [0.15, 0.2) is 223 Å². The number of nitrogens with zero attached hydrogens (tertiary/aromatic N) is 2. The summed E-state index contributed by atoms with van der Waals surface area (Å²) in [6.45, 7) is 0. The van der Waals surface area contributed by atoms with Crippen LogP contribution in [-0.4, -0.2) is 4.57 Å². The van der Waals surface area contributed by atoms with E-state index in [-0.39, 0.29) is 0 Å². The van der Waals surface area contributed by atoms with Crippen molar-refractivity contribution >= 4 is 82.4 Å². The van der Waals surface area contributed by atoms with E-state index in [2.05, 4.69) is 228 Å². The van der Waals surface area contributed by atoms with Gasteiger partial charge >= 0.3 is 0 Å². The van der Waals surface area contributed by atoms with E-state index in [4.69, 9.17) is 4.42 Å². The molecular weight excluding hydrogens is 717 g/mol. The molecule has 12 aromatic rings. The summed E-state index contributed by atoms with van der Waals surface area (Å²) in [6.07, 6.45) is 0. The van der Waals surface area contributed by atoms with Crippen molar-refractivity contribution in [2.45, 2.75) is 0 Å². The summed E-state index contributed by atoms with van der Waals surface area (Å²) < 4.78 is 9.13. The predicted octanol–water partition coefficient (Wildman–Crippen LogP) is 15.8. The molecule has 0 saturated heterocycles. The Bertz CT molecular complexity index is 3570. The first-order valence-electron chi connectivity index (χ1n) is 20.2. The lowest BCUT2D eigenvalue weighted by molar-refractivity contribution is 0.669.